The number of carbonyl (C=O) groups excluding carboxylic acids is 2. The average molecular weight is 222 g/mol. The van der Waals surface area contributed by atoms with E-state index in [0.29, 0.717) is 11.3 Å². The molecule has 1 aromatic heterocycles. The van der Waals surface area contributed by atoms with Gasteiger partial charge in [0.2, 0.25) is 5.91 Å². The minimum atomic E-state index is -0.711. The van der Waals surface area contributed by atoms with Crippen LogP contribution < -0.4 is 16.4 Å². The Kier molecular flexibility index (Phi) is 3.82. The van der Waals surface area contributed by atoms with E-state index in [1.807, 2.05) is 0 Å². The van der Waals surface area contributed by atoms with E-state index in [2.05, 4.69) is 15.6 Å². The maximum absolute atomic E-state index is 11.7. The molecule has 2 amide bonds. The van der Waals surface area contributed by atoms with Gasteiger partial charge in [-0.1, -0.05) is 0 Å². The Bertz CT molecular complexity index is 406. The molecule has 16 heavy (non-hydrogen) atoms. The molecule has 1 aromatic rings. The van der Waals surface area contributed by atoms with Gasteiger partial charge in [-0.05, 0) is 13.0 Å². The molecule has 0 saturated carbocycles. The van der Waals surface area contributed by atoms with Crippen molar-refractivity contribution >= 4 is 17.5 Å². The number of nitrogens with two attached hydrogens (primary N) is 1. The normalized spacial score (nSPS) is 11.6. The van der Waals surface area contributed by atoms with E-state index in [0.717, 1.165) is 0 Å². The molecule has 6 heteroatoms. The van der Waals surface area contributed by atoms with E-state index in [1.165, 1.54) is 13.1 Å². The summed E-state index contributed by atoms with van der Waals surface area (Å²) in [7, 11) is 1.70. The Labute approximate surface area is 93.2 Å². The van der Waals surface area contributed by atoms with Crippen LogP contribution in [0.15, 0.2) is 18.5 Å². The summed E-state index contributed by atoms with van der Waals surface area (Å²) in [5, 5.41) is 5.34. The number of amides is 2. The number of hydrogen-bond donors (Lipinski definition) is 3. The van der Waals surface area contributed by atoms with Gasteiger partial charge in [-0.15, -0.1) is 0 Å². The zero-order valence-corrected chi connectivity index (χ0v) is 9.15. The summed E-state index contributed by atoms with van der Waals surface area (Å²) >= 11 is 0. The van der Waals surface area contributed by atoms with Gasteiger partial charge in [0.25, 0.3) is 5.91 Å². The van der Waals surface area contributed by atoms with Crippen LogP contribution in [0.5, 0.6) is 0 Å². The summed E-state index contributed by atoms with van der Waals surface area (Å²) in [6.07, 6.45) is 3.00. The molecule has 0 radical (unpaired) electrons. The summed E-state index contributed by atoms with van der Waals surface area (Å²) in [6.45, 7) is 1.52. The number of pyridine rings is 1. The van der Waals surface area contributed by atoms with Crippen LogP contribution in [0, 0.1) is 0 Å². The summed E-state index contributed by atoms with van der Waals surface area (Å²) in [5.41, 5.74) is 6.06. The number of nitrogens with zero attached hydrogens (tertiary/aromatic N) is 1. The van der Waals surface area contributed by atoms with Crippen LogP contribution in [-0.2, 0) is 4.79 Å². The van der Waals surface area contributed by atoms with Crippen LogP contribution in [0.1, 0.15) is 17.3 Å². The molecule has 6 nitrogen and oxygen atoms in total. The van der Waals surface area contributed by atoms with E-state index in [1.54, 1.807) is 19.3 Å². The predicted octanol–water partition coefficient (Wildman–Crippen LogP) is -0.273. The number of carbonyl (C=O) groups is 2. The van der Waals surface area contributed by atoms with Crippen molar-refractivity contribution in [1.82, 2.24) is 10.3 Å². The standard InChI is InChI=1S/C10H14N4O2/c1-6(9(11)15)14-10(16)7-5-13-4-3-8(7)12-2/h3-6H,1-2H3,(H2,11,15)(H,12,13)(H,14,16). The Morgan fingerprint density at radius 1 is 1.50 bits per heavy atom. The van der Waals surface area contributed by atoms with Gasteiger partial charge in [0.15, 0.2) is 0 Å². The quantitative estimate of drug-likeness (QED) is 0.653. The van der Waals surface area contributed by atoms with E-state index >= 15 is 0 Å². The molecule has 4 N–H and O–H groups in total. The lowest BCUT2D eigenvalue weighted by Gasteiger charge is -2.12. The average Bonchev–Trinajstić information content (AvgIpc) is 2.28. The first kappa shape index (κ1) is 12.0. The van der Waals surface area contributed by atoms with Crippen molar-refractivity contribution < 1.29 is 9.59 Å². The Morgan fingerprint density at radius 3 is 2.75 bits per heavy atom. The van der Waals surface area contributed by atoms with Gasteiger partial charge < -0.3 is 16.4 Å². The smallest absolute Gasteiger partial charge is 0.255 e. The van der Waals surface area contributed by atoms with Crippen molar-refractivity contribution in [2.24, 2.45) is 5.73 Å². The molecular weight excluding hydrogens is 208 g/mol. The van der Waals surface area contributed by atoms with Crippen molar-refractivity contribution in [3.05, 3.63) is 24.0 Å². The van der Waals surface area contributed by atoms with Gasteiger partial charge >= 0.3 is 0 Å². The van der Waals surface area contributed by atoms with Gasteiger partial charge in [0.1, 0.15) is 6.04 Å². The summed E-state index contributed by atoms with van der Waals surface area (Å²) in [4.78, 5) is 26.4. The third-order valence-electron chi connectivity index (χ3n) is 2.11. The van der Waals surface area contributed by atoms with E-state index in [9.17, 15) is 9.59 Å². The second-order valence-corrected chi connectivity index (χ2v) is 3.27. The third-order valence-corrected chi connectivity index (χ3v) is 2.11. The first-order valence-corrected chi connectivity index (χ1v) is 4.78. The number of anilines is 1. The molecule has 0 spiro atoms. The summed E-state index contributed by atoms with van der Waals surface area (Å²) < 4.78 is 0. The topological polar surface area (TPSA) is 97.1 Å². The SMILES string of the molecule is CNc1ccncc1C(=O)NC(C)C(N)=O. The molecule has 1 heterocycles. The van der Waals surface area contributed by atoms with Crippen LogP contribution >= 0.6 is 0 Å². The highest BCUT2D eigenvalue weighted by Crippen LogP contribution is 2.12. The van der Waals surface area contributed by atoms with Crippen LogP contribution in [0.3, 0.4) is 0 Å². The Morgan fingerprint density at radius 2 is 2.19 bits per heavy atom. The molecule has 0 aromatic carbocycles. The molecular formula is C10H14N4O2. The van der Waals surface area contributed by atoms with Crippen LogP contribution in [-0.4, -0.2) is 29.9 Å². The highest BCUT2D eigenvalue weighted by atomic mass is 16.2. The molecule has 0 aliphatic rings. The maximum atomic E-state index is 11.7. The molecule has 0 saturated heterocycles. The number of nitrogens with one attached hydrogen (secondary N) is 2. The predicted molar refractivity (Wildman–Crippen MR) is 59.9 cm³/mol. The fourth-order valence-corrected chi connectivity index (χ4v) is 1.14. The largest absolute Gasteiger partial charge is 0.387 e. The highest BCUT2D eigenvalue weighted by molar-refractivity contribution is 6.01. The second kappa shape index (κ2) is 5.11. The lowest BCUT2D eigenvalue weighted by Crippen LogP contribution is -2.42. The van der Waals surface area contributed by atoms with Crippen LogP contribution in [0.4, 0.5) is 5.69 Å². The zero-order chi connectivity index (χ0) is 12.1. The number of primary amides is 1. The minimum Gasteiger partial charge on any atom is -0.387 e. The van der Waals surface area contributed by atoms with E-state index in [-0.39, 0.29) is 5.91 Å². The minimum absolute atomic E-state index is 0.373. The molecule has 0 aliphatic carbocycles. The first-order valence-electron chi connectivity index (χ1n) is 4.78. The van der Waals surface area contributed by atoms with Gasteiger partial charge in [0.05, 0.1) is 5.56 Å². The molecule has 1 atom stereocenters. The lowest BCUT2D eigenvalue weighted by molar-refractivity contribution is -0.119. The van der Waals surface area contributed by atoms with Gasteiger partial charge in [-0.25, -0.2) is 0 Å². The van der Waals surface area contributed by atoms with Crippen molar-refractivity contribution in [3.63, 3.8) is 0 Å². The lowest BCUT2D eigenvalue weighted by atomic mass is 10.2. The molecule has 1 rings (SSSR count). The third kappa shape index (κ3) is 2.69. The van der Waals surface area contributed by atoms with Crippen molar-refractivity contribution in [3.8, 4) is 0 Å². The van der Waals surface area contributed by atoms with E-state index in [4.69, 9.17) is 5.73 Å². The maximum Gasteiger partial charge on any atom is 0.255 e. The summed E-state index contributed by atoms with van der Waals surface area (Å²) in [6, 6.07) is 0.960. The van der Waals surface area contributed by atoms with Crippen LogP contribution in [0.2, 0.25) is 0 Å². The molecule has 0 bridgehead atoms. The van der Waals surface area contributed by atoms with Gasteiger partial charge in [-0.2, -0.15) is 0 Å². The first-order chi connectivity index (χ1) is 7.56. The van der Waals surface area contributed by atoms with Crippen molar-refractivity contribution in [2.75, 3.05) is 12.4 Å². The van der Waals surface area contributed by atoms with Gasteiger partial charge in [0, 0.05) is 25.1 Å². The molecule has 1 unspecified atom stereocenters. The summed E-state index contributed by atoms with van der Waals surface area (Å²) in [5.74, 6) is -0.966. The van der Waals surface area contributed by atoms with Crippen molar-refractivity contribution in [1.29, 1.82) is 0 Å². The molecule has 0 fully saturated rings. The monoisotopic (exact) mass is 222 g/mol. The molecule has 86 valence electrons. The van der Waals surface area contributed by atoms with Crippen LogP contribution in [0.25, 0.3) is 0 Å². The zero-order valence-electron chi connectivity index (χ0n) is 9.15. The molecule has 0 aliphatic heterocycles. The van der Waals surface area contributed by atoms with Gasteiger partial charge in [-0.3, -0.25) is 14.6 Å². The number of rotatable bonds is 4. The highest BCUT2D eigenvalue weighted by Gasteiger charge is 2.16. The number of aromatic nitrogens is 1. The Balaban J connectivity index is 2.84. The van der Waals surface area contributed by atoms with E-state index < -0.39 is 11.9 Å². The Hall–Kier alpha value is -2.11. The fraction of sp³-hybridized carbons (Fsp3) is 0.300. The second-order valence-electron chi connectivity index (χ2n) is 3.27. The number of hydrogen-bond acceptors (Lipinski definition) is 4. The fourth-order valence-electron chi connectivity index (χ4n) is 1.14. The van der Waals surface area contributed by atoms with Crippen molar-refractivity contribution in [2.45, 2.75) is 13.0 Å².